The fourth-order valence-corrected chi connectivity index (χ4v) is 4.44. The Balaban J connectivity index is 1.41. The van der Waals surface area contributed by atoms with Crippen LogP contribution in [0.3, 0.4) is 0 Å². The standard InChI is InChI=1S/C24H17ClF3N5O2S/c1-13(7-20(34)19-9-18(31-12-32-19)14-3-2-6-29-10-14)23-30-11-21(36-23)22(35)33-15-4-5-16(17(25)8-15)24(26,27)28/h2-6,8-13H,7H2,1H3,(H,33,35). The molecular weight excluding hydrogens is 515 g/mol. The summed E-state index contributed by atoms with van der Waals surface area (Å²) >= 11 is 6.80. The number of hydrogen-bond donors (Lipinski definition) is 1. The number of halogens is 4. The van der Waals surface area contributed by atoms with Gasteiger partial charge in [-0.25, -0.2) is 15.0 Å². The van der Waals surface area contributed by atoms with E-state index in [-0.39, 0.29) is 34.4 Å². The van der Waals surface area contributed by atoms with Gasteiger partial charge in [-0.05, 0) is 36.4 Å². The van der Waals surface area contributed by atoms with E-state index in [1.54, 1.807) is 31.5 Å². The molecule has 36 heavy (non-hydrogen) atoms. The van der Waals surface area contributed by atoms with Crippen molar-refractivity contribution >= 4 is 40.3 Å². The topological polar surface area (TPSA) is 97.7 Å². The Bertz CT molecular complexity index is 1410. The van der Waals surface area contributed by atoms with Crippen LogP contribution in [-0.4, -0.2) is 31.6 Å². The van der Waals surface area contributed by atoms with Gasteiger partial charge in [-0.1, -0.05) is 18.5 Å². The predicted molar refractivity (Wildman–Crippen MR) is 129 cm³/mol. The molecule has 0 aliphatic rings. The molecule has 0 bridgehead atoms. The van der Waals surface area contributed by atoms with Crippen LogP contribution in [0, 0.1) is 0 Å². The van der Waals surface area contributed by atoms with Crippen molar-refractivity contribution in [3.8, 4) is 11.3 Å². The fourth-order valence-electron chi connectivity index (χ4n) is 3.29. The van der Waals surface area contributed by atoms with Crippen LogP contribution in [0.1, 0.15) is 50.0 Å². The Morgan fingerprint density at radius 3 is 2.61 bits per heavy atom. The third-order valence-electron chi connectivity index (χ3n) is 5.10. The maximum Gasteiger partial charge on any atom is 0.417 e. The van der Waals surface area contributed by atoms with Crippen molar-refractivity contribution in [2.24, 2.45) is 0 Å². The number of aromatic nitrogens is 4. The average Bonchev–Trinajstić information content (AvgIpc) is 3.35. The Morgan fingerprint density at radius 1 is 1.11 bits per heavy atom. The molecule has 1 aromatic carbocycles. The van der Waals surface area contributed by atoms with Gasteiger partial charge in [0.15, 0.2) is 5.78 Å². The Morgan fingerprint density at radius 2 is 1.92 bits per heavy atom. The van der Waals surface area contributed by atoms with E-state index in [2.05, 4.69) is 25.3 Å². The molecule has 4 aromatic rings. The molecule has 0 radical (unpaired) electrons. The minimum absolute atomic E-state index is 0.104. The summed E-state index contributed by atoms with van der Waals surface area (Å²) in [5.74, 6) is -1.07. The number of Topliss-reactive ketones (excluding diaryl/α,β-unsaturated/α-hetero) is 1. The zero-order chi connectivity index (χ0) is 25.9. The zero-order valence-electron chi connectivity index (χ0n) is 18.6. The number of ketones is 1. The second-order valence-corrected chi connectivity index (χ2v) is 9.24. The first kappa shape index (κ1) is 25.4. The highest BCUT2D eigenvalue weighted by Gasteiger charge is 2.33. The first-order chi connectivity index (χ1) is 17.1. The van der Waals surface area contributed by atoms with Gasteiger partial charge in [-0.2, -0.15) is 13.2 Å². The van der Waals surface area contributed by atoms with Crippen molar-refractivity contribution in [1.29, 1.82) is 0 Å². The molecule has 0 spiro atoms. The molecule has 184 valence electrons. The molecule has 1 unspecified atom stereocenters. The molecule has 7 nitrogen and oxygen atoms in total. The second-order valence-electron chi connectivity index (χ2n) is 7.77. The number of hydrogen-bond acceptors (Lipinski definition) is 7. The highest BCUT2D eigenvalue weighted by atomic mass is 35.5. The fraction of sp³-hybridized carbons (Fsp3) is 0.167. The Kier molecular flexibility index (Phi) is 7.41. The normalized spacial score (nSPS) is 12.2. The van der Waals surface area contributed by atoms with E-state index < -0.39 is 22.7 Å². The molecule has 0 aliphatic heterocycles. The lowest BCUT2D eigenvalue weighted by Gasteiger charge is -2.10. The van der Waals surface area contributed by atoms with Crippen molar-refractivity contribution in [2.45, 2.75) is 25.4 Å². The van der Waals surface area contributed by atoms with Crippen molar-refractivity contribution in [3.05, 3.63) is 87.5 Å². The van der Waals surface area contributed by atoms with Crippen LogP contribution < -0.4 is 5.32 Å². The molecule has 0 fully saturated rings. The van der Waals surface area contributed by atoms with Crippen LogP contribution in [0.15, 0.2) is 61.3 Å². The van der Waals surface area contributed by atoms with Gasteiger partial charge < -0.3 is 5.32 Å². The minimum Gasteiger partial charge on any atom is -0.321 e. The lowest BCUT2D eigenvalue weighted by atomic mass is 10.0. The first-order valence-electron chi connectivity index (χ1n) is 10.5. The quantitative estimate of drug-likeness (QED) is 0.281. The van der Waals surface area contributed by atoms with Gasteiger partial charge in [0, 0.05) is 36.0 Å². The smallest absolute Gasteiger partial charge is 0.321 e. The van der Waals surface area contributed by atoms with Crippen molar-refractivity contribution in [2.75, 3.05) is 5.32 Å². The highest BCUT2D eigenvalue weighted by Crippen LogP contribution is 2.36. The third kappa shape index (κ3) is 5.92. The van der Waals surface area contributed by atoms with E-state index >= 15 is 0 Å². The van der Waals surface area contributed by atoms with E-state index in [9.17, 15) is 22.8 Å². The lowest BCUT2D eigenvalue weighted by Crippen LogP contribution is -2.11. The van der Waals surface area contributed by atoms with Crippen LogP contribution in [0.5, 0.6) is 0 Å². The van der Waals surface area contributed by atoms with Crippen LogP contribution in [0.25, 0.3) is 11.3 Å². The zero-order valence-corrected chi connectivity index (χ0v) is 20.2. The van der Waals surface area contributed by atoms with E-state index in [0.717, 1.165) is 35.1 Å². The molecule has 0 aliphatic carbocycles. The first-order valence-corrected chi connectivity index (χ1v) is 11.7. The molecule has 0 saturated carbocycles. The summed E-state index contributed by atoms with van der Waals surface area (Å²) in [7, 11) is 0. The van der Waals surface area contributed by atoms with Crippen LogP contribution in [0.4, 0.5) is 18.9 Å². The number of carbonyl (C=O) groups is 2. The van der Waals surface area contributed by atoms with Gasteiger partial charge >= 0.3 is 6.18 Å². The molecular formula is C24H17ClF3N5O2S. The summed E-state index contributed by atoms with van der Waals surface area (Å²) in [6, 6.07) is 8.15. The Labute approximate surface area is 212 Å². The summed E-state index contributed by atoms with van der Waals surface area (Å²) < 4.78 is 38.6. The van der Waals surface area contributed by atoms with Crippen LogP contribution in [-0.2, 0) is 6.18 Å². The van der Waals surface area contributed by atoms with Gasteiger partial charge in [-0.3, -0.25) is 14.6 Å². The predicted octanol–water partition coefficient (Wildman–Crippen LogP) is 6.30. The summed E-state index contributed by atoms with van der Waals surface area (Å²) in [4.78, 5) is 42.2. The van der Waals surface area contributed by atoms with Crippen molar-refractivity contribution in [1.82, 2.24) is 19.9 Å². The maximum absolute atomic E-state index is 12.9. The third-order valence-corrected chi connectivity index (χ3v) is 6.64. The molecule has 1 atom stereocenters. The van der Waals surface area contributed by atoms with Gasteiger partial charge in [0.05, 0.1) is 27.5 Å². The number of rotatable bonds is 7. The van der Waals surface area contributed by atoms with Crippen molar-refractivity contribution < 1.29 is 22.8 Å². The molecule has 1 N–H and O–H groups in total. The molecule has 3 aromatic heterocycles. The van der Waals surface area contributed by atoms with Gasteiger partial charge in [0.25, 0.3) is 5.91 Å². The molecule has 4 rings (SSSR count). The number of nitrogens with one attached hydrogen (secondary N) is 1. The van der Waals surface area contributed by atoms with E-state index in [0.29, 0.717) is 10.7 Å². The summed E-state index contributed by atoms with van der Waals surface area (Å²) in [6.07, 6.45) is 1.46. The molecule has 3 heterocycles. The monoisotopic (exact) mass is 531 g/mol. The number of benzene rings is 1. The van der Waals surface area contributed by atoms with Gasteiger partial charge in [0.2, 0.25) is 0 Å². The van der Waals surface area contributed by atoms with Crippen LogP contribution in [0.2, 0.25) is 5.02 Å². The van der Waals surface area contributed by atoms with Gasteiger partial charge in [0.1, 0.15) is 16.9 Å². The van der Waals surface area contributed by atoms with E-state index in [1.807, 2.05) is 6.07 Å². The average molecular weight is 532 g/mol. The number of anilines is 1. The summed E-state index contributed by atoms with van der Waals surface area (Å²) in [5, 5.41) is 2.55. The largest absolute Gasteiger partial charge is 0.417 e. The number of nitrogens with zero attached hydrogens (tertiary/aromatic N) is 4. The number of carbonyl (C=O) groups excluding carboxylic acids is 2. The number of amides is 1. The highest BCUT2D eigenvalue weighted by molar-refractivity contribution is 7.13. The number of thiazole rings is 1. The molecule has 12 heteroatoms. The summed E-state index contributed by atoms with van der Waals surface area (Å²) in [5.41, 5.74) is 0.711. The maximum atomic E-state index is 12.9. The lowest BCUT2D eigenvalue weighted by molar-refractivity contribution is -0.137. The van der Waals surface area contributed by atoms with E-state index in [4.69, 9.17) is 11.6 Å². The minimum atomic E-state index is -4.59. The van der Waals surface area contributed by atoms with Gasteiger partial charge in [-0.15, -0.1) is 11.3 Å². The number of alkyl halides is 3. The molecule has 1 amide bonds. The number of pyridine rings is 1. The van der Waals surface area contributed by atoms with Crippen LogP contribution >= 0.6 is 22.9 Å². The Hall–Kier alpha value is -3.70. The molecule has 0 saturated heterocycles. The summed E-state index contributed by atoms with van der Waals surface area (Å²) in [6.45, 7) is 1.80. The second kappa shape index (κ2) is 10.5. The van der Waals surface area contributed by atoms with E-state index in [1.165, 1.54) is 12.5 Å². The SMILES string of the molecule is CC(CC(=O)c1cc(-c2cccnc2)ncn1)c1ncc(C(=O)Nc2ccc(C(F)(F)F)c(Cl)c2)s1. The van der Waals surface area contributed by atoms with Crippen molar-refractivity contribution in [3.63, 3.8) is 0 Å².